The number of amides is 2. The van der Waals surface area contributed by atoms with E-state index in [0.29, 0.717) is 33.2 Å². The molecule has 0 radical (unpaired) electrons. The van der Waals surface area contributed by atoms with E-state index >= 15 is 0 Å². The van der Waals surface area contributed by atoms with Crippen molar-refractivity contribution in [3.05, 3.63) is 48.4 Å². The molecular formula is C26H30N8O3S3. The number of nitrogens with zero attached hydrogens (tertiary/aromatic N) is 6. The number of nitrogens with one attached hydrogen (secondary N) is 2. The molecule has 6 rings (SSSR count). The van der Waals surface area contributed by atoms with E-state index in [4.69, 9.17) is 0 Å². The summed E-state index contributed by atoms with van der Waals surface area (Å²) in [6.07, 6.45) is 8.72. The second-order valence-corrected chi connectivity index (χ2v) is 13.8. The molecule has 0 bridgehead atoms. The van der Waals surface area contributed by atoms with Gasteiger partial charge in [0.25, 0.3) is 10.0 Å². The minimum Gasteiger partial charge on any atom is -0.356 e. The summed E-state index contributed by atoms with van der Waals surface area (Å²) < 4.78 is 32.1. The predicted octanol–water partition coefficient (Wildman–Crippen LogP) is 4.37. The highest BCUT2D eigenvalue weighted by molar-refractivity contribution is 7.98. The summed E-state index contributed by atoms with van der Waals surface area (Å²) in [4.78, 5) is 28.0. The molecule has 14 heteroatoms. The Hall–Kier alpha value is -3.23. The zero-order valence-electron chi connectivity index (χ0n) is 22.3. The Morgan fingerprint density at radius 2 is 1.82 bits per heavy atom. The van der Waals surface area contributed by atoms with Crippen LogP contribution in [0.5, 0.6) is 0 Å². The maximum absolute atomic E-state index is 13.4. The van der Waals surface area contributed by atoms with Gasteiger partial charge in [0.2, 0.25) is 10.3 Å². The van der Waals surface area contributed by atoms with Crippen LogP contribution in [0.15, 0.2) is 52.9 Å². The molecule has 2 amide bonds. The molecule has 4 aromatic rings. The van der Waals surface area contributed by atoms with Gasteiger partial charge in [0.1, 0.15) is 12.1 Å². The van der Waals surface area contributed by atoms with Crippen LogP contribution < -0.4 is 15.5 Å². The molecule has 2 aliphatic rings. The van der Waals surface area contributed by atoms with E-state index in [1.54, 1.807) is 36.5 Å². The van der Waals surface area contributed by atoms with Gasteiger partial charge in [-0.25, -0.2) is 27.2 Å². The quantitative estimate of drug-likeness (QED) is 0.297. The van der Waals surface area contributed by atoms with Crippen LogP contribution in [0.4, 0.5) is 15.7 Å². The van der Waals surface area contributed by atoms with Crippen molar-refractivity contribution >= 4 is 61.3 Å². The number of thioether (sulfide) groups is 1. The van der Waals surface area contributed by atoms with Crippen molar-refractivity contribution in [3.63, 3.8) is 0 Å². The van der Waals surface area contributed by atoms with Crippen LogP contribution in [-0.2, 0) is 10.0 Å². The maximum atomic E-state index is 13.4. The van der Waals surface area contributed by atoms with E-state index in [0.717, 1.165) is 37.1 Å². The number of urea groups is 1. The van der Waals surface area contributed by atoms with Crippen molar-refractivity contribution in [2.45, 2.75) is 54.7 Å². The van der Waals surface area contributed by atoms with Crippen molar-refractivity contribution in [3.8, 4) is 0 Å². The summed E-state index contributed by atoms with van der Waals surface area (Å²) >= 11 is 2.62. The van der Waals surface area contributed by atoms with E-state index in [-0.39, 0.29) is 23.0 Å². The summed E-state index contributed by atoms with van der Waals surface area (Å²) in [5, 5.41) is 7.75. The fourth-order valence-electron chi connectivity index (χ4n) is 6.07. The fourth-order valence-corrected chi connectivity index (χ4v) is 8.49. The van der Waals surface area contributed by atoms with Crippen LogP contribution >= 0.6 is 23.3 Å². The molecule has 0 spiro atoms. The highest BCUT2D eigenvalue weighted by atomic mass is 32.2. The third kappa shape index (κ3) is 5.03. The molecule has 2 saturated carbocycles. The maximum Gasteiger partial charge on any atom is 0.321 e. The molecule has 0 saturated heterocycles. The molecule has 4 atom stereocenters. The van der Waals surface area contributed by atoms with Crippen molar-refractivity contribution in [2.24, 2.45) is 11.8 Å². The SMILES string of the molecule is CSc1nsc(NC(=O)NC2CC3CC(N(C)c4ncnc5c4ccn5S(=O)(=O)c4ccc(C)cc4)C[C@H]3C2)n1. The number of fused-ring (bicyclic) bond motifs is 2. The van der Waals surface area contributed by atoms with E-state index in [2.05, 4.69) is 34.9 Å². The molecule has 0 aliphatic heterocycles. The number of rotatable bonds is 7. The van der Waals surface area contributed by atoms with Crippen LogP contribution in [0.25, 0.3) is 11.0 Å². The molecular weight excluding hydrogens is 569 g/mol. The molecule has 3 heterocycles. The second-order valence-electron chi connectivity index (χ2n) is 10.5. The highest BCUT2D eigenvalue weighted by Crippen LogP contribution is 2.46. The van der Waals surface area contributed by atoms with Crippen LogP contribution in [0.1, 0.15) is 31.2 Å². The number of anilines is 2. The number of benzene rings is 1. The number of carbonyl (C=O) groups excluding carboxylic acids is 1. The molecule has 11 nitrogen and oxygen atoms in total. The average Bonchev–Trinajstić information content (AvgIpc) is 3.71. The Morgan fingerprint density at radius 1 is 1.10 bits per heavy atom. The summed E-state index contributed by atoms with van der Waals surface area (Å²) in [5.41, 5.74) is 1.36. The monoisotopic (exact) mass is 598 g/mol. The van der Waals surface area contributed by atoms with Crippen molar-refractivity contribution in [2.75, 3.05) is 23.5 Å². The minimum atomic E-state index is -3.79. The molecule has 40 heavy (non-hydrogen) atoms. The lowest BCUT2D eigenvalue weighted by atomic mass is 10.0. The molecule has 2 aliphatic carbocycles. The van der Waals surface area contributed by atoms with Gasteiger partial charge < -0.3 is 10.2 Å². The zero-order valence-corrected chi connectivity index (χ0v) is 24.8. The molecule has 210 valence electrons. The van der Waals surface area contributed by atoms with Gasteiger partial charge in [-0.1, -0.05) is 29.5 Å². The van der Waals surface area contributed by atoms with Gasteiger partial charge in [0.15, 0.2) is 5.65 Å². The van der Waals surface area contributed by atoms with Gasteiger partial charge in [-0.15, -0.1) is 0 Å². The highest BCUT2D eigenvalue weighted by Gasteiger charge is 2.43. The number of aromatic nitrogens is 5. The number of carbonyl (C=O) groups is 1. The first-order valence-corrected chi connectivity index (χ1v) is 16.5. The molecule has 2 fully saturated rings. The molecule has 1 aromatic carbocycles. The van der Waals surface area contributed by atoms with Gasteiger partial charge >= 0.3 is 6.03 Å². The Labute approximate surface area is 241 Å². The Balaban J connectivity index is 1.12. The first kappa shape index (κ1) is 27.0. The van der Waals surface area contributed by atoms with Gasteiger partial charge in [0.05, 0.1) is 10.3 Å². The van der Waals surface area contributed by atoms with Crippen molar-refractivity contribution in [1.82, 2.24) is 28.6 Å². The van der Waals surface area contributed by atoms with Crippen LogP contribution in [0.2, 0.25) is 0 Å². The summed E-state index contributed by atoms with van der Waals surface area (Å²) in [7, 11) is -1.77. The Bertz CT molecular complexity index is 1640. The van der Waals surface area contributed by atoms with E-state index < -0.39 is 10.0 Å². The predicted molar refractivity (Wildman–Crippen MR) is 157 cm³/mol. The Kier molecular flexibility index (Phi) is 7.17. The number of hydrogen-bond donors (Lipinski definition) is 2. The van der Waals surface area contributed by atoms with Gasteiger partial charge in [-0.2, -0.15) is 9.36 Å². The third-order valence-electron chi connectivity index (χ3n) is 8.02. The van der Waals surface area contributed by atoms with Crippen LogP contribution in [0.3, 0.4) is 0 Å². The lowest BCUT2D eigenvalue weighted by Crippen LogP contribution is -2.37. The lowest BCUT2D eigenvalue weighted by molar-refractivity contribution is 0.248. The first-order valence-electron chi connectivity index (χ1n) is 13.0. The Morgan fingerprint density at radius 3 is 2.50 bits per heavy atom. The summed E-state index contributed by atoms with van der Waals surface area (Å²) in [6.45, 7) is 1.92. The largest absolute Gasteiger partial charge is 0.356 e. The average molecular weight is 599 g/mol. The van der Waals surface area contributed by atoms with Gasteiger partial charge in [0, 0.05) is 36.9 Å². The van der Waals surface area contributed by atoms with E-state index in [1.165, 1.54) is 33.6 Å². The smallest absolute Gasteiger partial charge is 0.321 e. The fraction of sp³-hybridized carbons (Fsp3) is 0.423. The normalized spacial score (nSPS) is 22.4. The molecule has 3 unspecified atom stereocenters. The lowest BCUT2D eigenvalue weighted by Gasteiger charge is -2.27. The van der Waals surface area contributed by atoms with Gasteiger partial charge in [-0.3, -0.25) is 5.32 Å². The zero-order chi connectivity index (χ0) is 28.0. The molecule has 3 aromatic heterocycles. The van der Waals surface area contributed by atoms with E-state index in [1.807, 2.05) is 20.2 Å². The van der Waals surface area contributed by atoms with Crippen molar-refractivity contribution < 1.29 is 13.2 Å². The van der Waals surface area contributed by atoms with E-state index in [9.17, 15) is 13.2 Å². The number of aryl methyl sites for hydroxylation is 1. The second kappa shape index (κ2) is 10.6. The third-order valence-corrected chi connectivity index (χ3v) is 11.0. The topological polar surface area (TPSA) is 135 Å². The summed E-state index contributed by atoms with van der Waals surface area (Å²) in [6, 6.07) is 8.74. The minimum absolute atomic E-state index is 0.126. The van der Waals surface area contributed by atoms with Gasteiger partial charge in [-0.05, 0) is 68.9 Å². The van der Waals surface area contributed by atoms with Crippen LogP contribution in [-0.4, -0.2) is 63.1 Å². The standard InChI is InChI=1S/C26H30N8O3S3/c1-15-4-6-20(7-5-15)40(36,37)34-9-8-21-22(27-14-28-23(21)34)33(2)19-12-16-10-18(11-17(16)13-19)29-24(35)30-25-31-26(38-3)32-39-25/h4-9,14,16-19H,10-13H2,1-3H3,(H2,29,30,31,32,35)/t16-,17?,18?,19?/m1/s1. The number of hydrogen-bond acceptors (Lipinski definition) is 10. The first-order chi connectivity index (χ1) is 19.2. The van der Waals surface area contributed by atoms with Crippen LogP contribution in [0, 0.1) is 18.8 Å². The van der Waals surface area contributed by atoms with Crippen molar-refractivity contribution in [1.29, 1.82) is 0 Å². The molecule has 2 N–H and O–H groups in total. The summed E-state index contributed by atoms with van der Waals surface area (Å²) in [5.74, 6) is 1.74.